The van der Waals surface area contributed by atoms with Gasteiger partial charge in [-0.3, -0.25) is 9.98 Å². The Balaban J connectivity index is 0.00000107. The van der Waals surface area contributed by atoms with Crippen LogP contribution in [0.5, 0.6) is 11.5 Å². The second-order valence-electron chi connectivity index (χ2n) is 8.09. The van der Waals surface area contributed by atoms with Crippen molar-refractivity contribution < 1.29 is 27.2 Å². The van der Waals surface area contributed by atoms with E-state index < -0.39 is 17.0 Å². The van der Waals surface area contributed by atoms with Gasteiger partial charge >= 0.3 is 35.6 Å². The average Bonchev–Trinajstić information content (AvgIpc) is 2.72. The van der Waals surface area contributed by atoms with E-state index in [0.29, 0.717) is 11.5 Å². The topological polar surface area (TPSA) is 65.2 Å². The van der Waals surface area contributed by atoms with Crippen LogP contribution in [0.1, 0.15) is 59.1 Å². The van der Waals surface area contributed by atoms with Gasteiger partial charge in [-0.1, -0.05) is 25.0 Å². The van der Waals surface area contributed by atoms with E-state index in [9.17, 15) is 10.2 Å². The van der Waals surface area contributed by atoms with E-state index in [4.69, 9.17) is 28.6 Å². The second kappa shape index (κ2) is 12.6. The standard InChI is InChI=1S/C24H30N2O2.2ClH.Ti/c1-15-9-17(3)23(27)19(11-15)13-25-21-7-5-6-8-22(21)26-14-20-12-16(2)10-18(4)24(20)28;;;/h9-14,21-22,27-28H,5-8H2,1-4H3;2*1H;/q;;;+2/p-2/t21-,22-;;;/m1.../s1. The van der Waals surface area contributed by atoms with Crippen LogP contribution in [0.4, 0.5) is 0 Å². The molecule has 2 N–H and O–H groups in total. The monoisotopic (exact) mass is 496 g/mol. The van der Waals surface area contributed by atoms with Gasteiger partial charge in [-0.15, -0.1) is 0 Å². The first-order valence-corrected chi connectivity index (χ1v) is 14.7. The molecule has 1 aliphatic carbocycles. The van der Waals surface area contributed by atoms with Crippen LogP contribution >= 0.6 is 18.6 Å². The fourth-order valence-corrected chi connectivity index (χ4v) is 3.97. The first-order valence-electron chi connectivity index (χ1n) is 10.4. The second-order valence-corrected chi connectivity index (χ2v) is 10.7. The molecule has 2 aromatic rings. The molecule has 0 aliphatic heterocycles. The van der Waals surface area contributed by atoms with Gasteiger partial charge in [-0.25, -0.2) is 0 Å². The number of aliphatic imine (C=N–C) groups is 2. The van der Waals surface area contributed by atoms with Crippen molar-refractivity contribution in [2.45, 2.75) is 65.5 Å². The summed E-state index contributed by atoms with van der Waals surface area (Å²) < 4.78 is 0. The van der Waals surface area contributed by atoms with Crippen molar-refractivity contribution >= 4 is 31.0 Å². The van der Waals surface area contributed by atoms with Crippen LogP contribution in [-0.2, 0) is 17.0 Å². The SMILES string of the molecule is Cc1cc(C)c(O)c(C=N[C@@H]2CCCC[C@H]2N=Cc2cc(C)cc(C)c2O)c1.[Cl][Ti][Cl]. The van der Waals surface area contributed by atoms with Crippen molar-refractivity contribution in [2.75, 3.05) is 0 Å². The summed E-state index contributed by atoms with van der Waals surface area (Å²) in [5.41, 5.74) is 5.48. The maximum absolute atomic E-state index is 10.3. The molecule has 0 unspecified atom stereocenters. The molecule has 2 atom stereocenters. The third-order valence-corrected chi connectivity index (χ3v) is 5.45. The fraction of sp³-hybridized carbons (Fsp3) is 0.417. The minimum atomic E-state index is -0.556. The Morgan fingerprint density at radius 1 is 0.774 bits per heavy atom. The molecular weight excluding hydrogens is 467 g/mol. The third-order valence-electron chi connectivity index (χ3n) is 5.45. The molecule has 1 fully saturated rings. The number of aryl methyl sites for hydroxylation is 4. The summed E-state index contributed by atoms with van der Waals surface area (Å²) in [6.07, 6.45) is 7.85. The van der Waals surface area contributed by atoms with Crippen LogP contribution in [0.3, 0.4) is 0 Å². The average molecular weight is 497 g/mol. The van der Waals surface area contributed by atoms with Crippen LogP contribution in [0.25, 0.3) is 0 Å². The number of aromatic hydroxyl groups is 2. The van der Waals surface area contributed by atoms with Crippen molar-refractivity contribution in [3.8, 4) is 11.5 Å². The molecule has 0 heterocycles. The van der Waals surface area contributed by atoms with Gasteiger partial charge in [0, 0.05) is 23.6 Å². The number of rotatable bonds is 4. The van der Waals surface area contributed by atoms with E-state index in [0.717, 1.165) is 59.1 Å². The molecule has 4 nitrogen and oxygen atoms in total. The molecule has 31 heavy (non-hydrogen) atoms. The molecule has 7 heteroatoms. The first-order chi connectivity index (χ1) is 14.8. The van der Waals surface area contributed by atoms with Crippen molar-refractivity contribution in [3.63, 3.8) is 0 Å². The summed E-state index contributed by atoms with van der Waals surface area (Å²) >= 11 is -0.556. The number of phenolic OH excluding ortho intramolecular Hbond substituents is 2. The molecule has 1 aliphatic rings. The number of halogens is 2. The Hall–Kier alpha value is -1.33. The number of hydrogen-bond acceptors (Lipinski definition) is 4. The number of benzene rings is 2. The van der Waals surface area contributed by atoms with E-state index >= 15 is 0 Å². The molecular formula is C24H30Cl2N2O2Ti. The van der Waals surface area contributed by atoms with E-state index in [1.54, 1.807) is 12.4 Å². The van der Waals surface area contributed by atoms with Crippen molar-refractivity contribution in [2.24, 2.45) is 9.98 Å². The van der Waals surface area contributed by atoms with E-state index in [-0.39, 0.29) is 12.1 Å². The van der Waals surface area contributed by atoms with Gasteiger partial charge in [0.25, 0.3) is 0 Å². The quantitative estimate of drug-likeness (QED) is 0.372. The molecule has 0 spiro atoms. The Bertz CT molecular complexity index is 872. The van der Waals surface area contributed by atoms with Gasteiger partial charge in [0.1, 0.15) is 11.5 Å². The van der Waals surface area contributed by atoms with Crippen LogP contribution < -0.4 is 0 Å². The summed E-state index contributed by atoms with van der Waals surface area (Å²) in [4.78, 5) is 9.57. The Morgan fingerprint density at radius 3 is 1.48 bits per heavy atom. The Labute approximate surface area is 202 Å². The first kappa shape index (κ1) is 25.9. The van der Waals surface area contributed by atoms with E-state index in [2.05, 4.69) is 0 Å². The molecule has 0 amide bonds. The molecule has 2 aromatic carbocycles. The molecule has 0 radical (unpaired) electrons. The molecule has 0 saturated heterocycles. The molecule has 3 rings (SSSR count). The van der Waals surface area contributed by atoms with E-state index in [1.165, 1.54) is 0 Å². The van der Waals surface area contributed by atoms with Crippen LogP contribution in [0.15, 0.2) is 34.3 Å². The normalized spacial score (nSPS) is 18.8. The summed E-state index contributed by atoms with van der Waals surface area (Å²) in [5.74, 6) is 0.593. The summed E-state index contributed by atoms with van der Waals surface area (Å²) in [6.45, 7) is 7.86. The van der Waals surface area contributed by atoms with Gasteiger partial charge < -0.3 is 10.2 Å². The van der Waals surface area contributed by atoms with Crippen LogP contribution in [0, 0.1) is 27.7 Å². The van der Waals surface area contributed by atoms with Crippen molar-refractivity contribution in [3.05, 3.63) is 57.6 Å². The van der Waals surface area contributed by atoms with Gasteiger partial charge in [-0.05, 0) is 74.9 Å². The number of hydrogen-bond donors (Lipinski definition) is 2. The predicted octanol–water partition coefficient (Wildman–Crippen LogP) is 6.56. The third kappa shape index (κ3) is 7.64. The van der Waals surface area contributed by atoms with Gasteiger partial charge in [0.05, 0.1) is 12.1 Å². The fourth-order valence-electron chi connectivity index (χ4n) is 3.97. The zero-order valence-electron chi connectivity index (χ0n) is 18.5. The van der Waals surface area contributed by atoms with Gasteiger partial charge in [0.15, 0.2) is 0 Å². The Morgan fingerprint density at radius 2 is 1.13 bits per heavy atom. The van der Waals surface area contributed by atoms with Crippen LogP contribution in [0.2, 0.25) is 0 Å². The Kier molecular flexibility index (Phi) is 10.6. The minimum absolute atomic E-state index is 0.0956. The maximum atomic E-state index is 10.3. The van der Waals surface area contributed by atoms with Gasteiger partial charge in [0.2, 0.25) is 0 Å². The van der Waals surface area contributed by atoms with Gasteiger partial charge in [-0.2, -0.15) is 0 Å². The molecule has 0 bridgehead atoms. The number of phenols is 2. The molecule has 166 valence electrons. The summed E-state index contributed by atoms with van der Waals surface area (Å²) in [6, 6.07) is 8.05. The zero-order valence-corrected chi connectivity index (χ0v) is 21.6. The van der Waals surface area contributed by atoms with Crippen molar-refractivity contribution in [1.29, 1.82) is 0 Å². The molecule has 1 saturated carbocycles. The van der Waals surface area contributed by atoms with E-state index in [1.807, 2.05) is 52.0 Å². The molecule has 0 aromatic heterocycles. The zero-order chi connectivity index (χ0) is 23.0. The number of nitrogens with zero attached hydrogens (tertiary/aromatic N) is 2. The van der Waals surface area contributed by atoms with Crippen molar-refractivity contribution in [1.82, 2.24) is 0 Å². The summed E-state index contributed by atoms with van der Waals surface area (Å²) in [7, 11) is 9.78. The summed E-state index contributed by atoms with van der Waals surface area (Å²) in [5, 5.41) is 20.6. The predicted molar refractivity (Wildman–Crippen MR) is 128 cm³/mol. The van der Waals surface area contributed by atoms with Crippen LogP contribution in [-0.4, -0.2) is 34.7 Å².